The highest BCUT2D eigenvalue weighted by Gasteiger charge is 2.15. The van der Waals surface area contributed by atoms with Crippen LogP contribution >= 0.6 is 11.6 Å². The van der Waals surface area contributed by atoms with Crippen LogP contribution in [0.2, 0.25) is 5.02 Å². The van der Waals surface area contributed by atoms with Crippen molar-refractivity contribution in [2.75, 3.05) is 6.61 Å². The number of amides is 2. The standard InChI is InChI=1S/C15H10ClF3N2O3/c16-11-6-13(19)12(18)5-10(11)15(23)21-20-14(22)7-24-9-3-1-2-8(17)4-9/h1-6H,7H2,(H,20,22)(H,21,23). The number of carbonyl (C=O) groups is 2. The van der Waals surface area contributed by atoms with E-state index in [0.29, 0.717) is 12.1 Å². The summed E-state index contributed by atoms with van der Waals surface area (Å²) in [4.78, 5) is 23.3. The number of halogens is 4. The Balaban J connectivity index is 1.87. The molecular weight excluding hydrogens is 349 g/mol. The van der Waals surface area contributed by atoms with Gasteiger partial charge in [0.15, 0.2) is 18.2 Å². The third-order valence-corrected chi connectivity index (χ3v) is 3.05. The van der Waals surface area contributed by atoms with Crippen LogP contribution in [0.3, 0.4) is 0 Å². The predicted octanol–water partition coefficient (Wildman–Crippen LogP) is 2.60. The van der Waals surface area contributed by atoms with E-state index in [-0.39, 0.29) is 16.3 Å². The fourth-order valence-corrected chi connectivity index (χ4v) is 1.87. The summed E-state index contributed by atoms with van der Waals surface area (Å²) < 4.78 is 44.0. The molecule has 0 heterocycles. The molecule has 126 valence electrons. The molecule has 0 fully saturated rings. The second-order valence-corrected chi connectivity index (χ2v) is 4.90. The molecule has 2 rings (SSSR count). The Kier molecular flexibility index (Phi) is 5.64. The highest BCUT2D eigenvalue weighted by molar-refractivity contribution is 6.33. The molecule has 0 unspecified atom stereocenters. The first-order valence-corrected chi connectivity index (χ1v) is 6.86. The van der Waals surface area contributed by atoms with Crippen molar-refractivity contribution in [1.29, 1.82) is 0 Å². The average Bonchev–Trinajstić information content (AvgIpc) is 2.54. The maximum Gasteiger partial charge on any atom is 0.276 e. The number of rotatable bonds is 4. The van der Waals surface area contributed by atoms with Crippen molar-refractivity contribution in [3.63, 3.8) is 0 Å². The third kappa shape index (κ3) is 4.63. The van der Waals surface area contributed by atoms with Crippen molar-refractivity contribution >= 4 is 23.4 Å². The summed E-state index contributed by atoms with van der Waals surface area (Å²) in [6.07, 6.45) is 0. The Morgan fingerprint density at radius 1 is 1.04 bits per heavy atom. The van der Waals surface area contributed by atoms with E-state index in [0.717, 1.165) is 6.07 Å². The molecule has 0 aromatic heterocycles. The van der Waals surface area contributed by atoms with Crippen LogP contribution in [0, 0.1) is 17.5 Å². The van der Waals surface area contributed by atoms with Crippen LogP contribution in [0.1, 0.15) is 10.4 Å². The molecule has 0 aliphatic heterocycles. The monoisotopic (exact) mass is 358 g/mol. The molecule has 2 aromatic carbocycles. The van der Waals surface area contributed by atoms with Crippen molar-refractivity contribution < 1.29 is 27.5 Å². The largest absolute Gasteiger partial charge is 0.484 e. The lowest BCUT2D eigenvalue weighted by Gasteiger charge is -2.10. The van der Waals surface area contributed by atoms with E-state index < -0.39 is 35.9 Å². The molecule has 9 heteroatoms. The lowest BCUT2D eigenvalue weighted by Crippen LogP contribution is -2.44. The third-order valence-electron chi connectivity index (χ3n) is 2.74. The van der Waals surface area contributed by atoms with E-state index >= 15 is 0 Å². The fourth-order valence-electron chi connectivity index (χ4n) is 1.63. The first-order chi connectivity index (χ1) is 11.4. The molecule has 0 spiro atoms. The maximum atomic E-state index is 13.1. The molecule has 2 N–H and O–H groups in total. The number of nitrogens with one attached hydrogen (secondary N) is 2. The summed E-state index contributed by atoms with van der Waals surface area (Å²) in [6.45, 7) is -0.505. The van der Waals surface area contributed by atoms with Gasteiger partial charge in [0, 0.05) is 6.07 Å². The number of carbonyl (C=O) groups excluding carboxylic acids is 2. The van der Waals surface area contributed by atoms with Crippen LogP contribution in [-0.2, 0) is 4.79 Å². The first kappa shape index (κ1) is 17.6. The second-order valence-electron chi connectivity index (χ2n) is 4.49. The molecule has 0 aliphatic rings. The van der Waals surface area contributed by atoms with Gasteiger partial charge in [0.1, 0.15) is 11.6 Å². The van der Waals surface area contributed by atoms with Crippen LogP contribution in [0.15, 0.2) is 36.4 Å². The summed E-state index contributed by atoms with van der Waals surface area (Å²) in [5.74, 6) is -4.58. The van der Waals surface area contributed by atoms with Crippen molar-refractivity contribution in [1.82, 2.24) is 10.9 Å². The zero-order valence-corrected chi connectivity index (χ0v) is 12.7. The molecule has 0 bridgehead atoms. The van der Waals surface area contributed by atoms with Crippen LogP contribution in [-0.4, -0.2) is 18.4 Å². The van der Waals surface area contributed by atoms with Crippen LogP contribution < -0.4 is 15.6 Å². The topological polar surface area (TPSA) is 67.4 Å². The molecule has 0 saturated carbocycles. The second kappa shape index (κ2) is 7.69. The Morgan fingerprint density at radius 2 is 1.75 bits per heavy atom. The number of hydrazine groups is 1. The van der Waals surface area contributed by atoms with Gasteiger partial charge in [-0.1, -0.05) is 17.7 Å². The smallest absolute Gasteiger partial charge is 0.276 e. The number of benzene rings is 2. The molecule has 24 heavy (non-hydrogen) atoms. The van der Waals surface area contributed by atoms with Gasteiger partial charge in [0.25, 0.3) is 11.8 Å². The van der Waals surface area contributed by atoms with E-state index in [4.69, 9.17) is 16.3 Å². The minimum absolute atomic E-state index is 0.125. The highest BCUT2D eigenvalue weighted by atomic mass is 35.5. The summed E-state index contributed by atoms with van der Waals surface area (Å²) in [5.41, 5.74) is 3.60. The molecule has 2 aromatic rings. The number of ether oxygens (including phenoxy) is 1. The maximum absolute atomic E-state index is 13.1. The van der Waals surface area contributed by atoms with Gasteiger partial charge in [0.2, 0.25) is 0 Å². The predicted molar refractivity (Wildman–Crippen MR) is 78.9 cm³/mol. The zero-order chi connectivity index (χ0) is 17.7. The summed E-state index contributed by atoms with van der Waals surface area (Å²) in [7, 11) is 0. The minimum Gasteiger partial charge on any atom is -0.484 e. The van der Waals surface area contributed by atoms with E-state index in [1.165, 1.54) is 18.2 Å². The fraction of sp³-hybridized carbons (Fsp3) is 0.0667. The Bertz CT molecular complexity index is 787. The van der Waals surface area contributed by atoms with Crippen LogP contribution in [0.4, 0.5) is 13.2 Å². The molecular formula is C15H10ClF3N2O3. The van der Waals surface area contributed by atoms with E-state index in [1.807, 2.05) is 10.9 Å². The lowest BCUT2D eigenvalue weighted by atomic mass is 10.2. The molecule has 0 atom stereocenters. The van der Waals surface area contributed by atoms with E-state index in [1.54, 1.807) is 0 Å². The zero-order valence-electron chi connectivity index (χ0n) is 11.9. The van der Waals surface area contributed by atoms with Gasteiger partial charge in [-0.05, 0) is 24.3 Å². The van der Waals surface area contributed by atoms with Crippen LogP contribution in [0.25, 0.3) is 0 Å². The quantitative estimate of drug-likeness (QED) is 0.652. The van der Waals surface area contributed by atoms with Crippen molar-refractivity contribution in [3.8, 4) is 5.75 Å². The van der Waals surface area contributed by atoms with Gasteiger partial charge >= 0.3 is 0 Å². The number of hydrogen-bond acceptors (Lipinski definition) is 3. The first-order valence-electron chi connectivity index (χ1n) is 6.49. The van der Waals surface area contributed by atoms with Crippen molar-refractivity contribution in [3.05, 3.63) is 64.4 Å². The van der Waals surface area contributed by atoms with Crippen molar-refractivity contribution in [2.24, 2.45) is 0 Å². The summed E-state index contributed by atoms with van der Waals surface area (Å²) >= 11 is 5.63. The van der Waals surface area contributed by atoms with E-state index in [2.05, 4.69) is 0 Å². The van der Waals surface area contributed by atoms with Gasteiger partial charge in [-0.2, -0.15) is 0 Å². The van der Waals surface area contributed by atoms with E-state index in [9.17, 15) is 22.8 Å². The minimum atomic E-state index is -1.26. The Hall–Kier alpha value is -2.74. The van der Waals surface area contributed by atoms with Gasteiger partial charge in [-0.15, -0.1) is 0 Å². The van der Waals surface area contributed by atoms with Gasteiger partial charge in [-0.25, -0.2) is 13.2 Å². The van der Waals surface area contributed by atoms with Gasteiger partial charge < -0.3 is 4.74 Å². The molecule has 2 amide bonds. The lowest BCUT2D eigenvalue weighted by molar-refractivity contribution is -0.123. The summed E-state index contributed by atoms with van der Waals surface area (Å²) in [6, 6.07) is 6.36. The molecule has 0 aliphatic carbocycles. The molecule has 5 nitrogen and oxygen atoms in total. The van der Waals surface area contributed by atoms with Gasteiger partial charge in [0.05, 0.1) is 10.6 Å². The average molecular weight is 359 g/mol. The van der Waals surface area contributed by atoms with Crippen LogP contribution in [0.5, 0.6) is 5.75 Å². The Labute approximate surface area is 139 Å². The Morgan fingerprint density at radius 3 is 2.46 bits per heavy atom. The molecule has 0 saturated heterocycles. The SMILES string of the molecule is O=C(COc1cccc(F)c1)NNC(=O)c1cc(F)c(F)cc1Cl. The van der Waals surface area contributed by atoms with Gasteiger partial charge in [-0.3, -0.25) is 20.4 Å². The summed E-state index contributed by atoms with van der Waals surface area (Å²) in [5, 5.41) is -0.323. The normalized spacial score (nSPS) is 10.2. The molecule has 0 radical (unpaired) electrons. The van der Waals surface area contributed by atoms with Crippen molar-refractivity contribution in [2.45, 2.75) is 0 Å². The highest BCUT2D eigenvalue weighted by Crippen LogP contribution is 2.19. The number of hydrogen-bond donors (Lipinski definition) is 2.